The minimum absolute atomic E-state index is 0.0611. The molecule has 1 atom stereocenters. The van der Waals surface area contributed by atoms with Gasteiger partial charge in [0.15, 0.2) is 0 Å². The van der Waals surface area contributed by atoms with Gasteiger partial charge in [0, 0.05) is 24.3 Å². The van der Waals surface area contributed by atoms with Crippen LogP contribution in [0.25, 0.3) is 0 Å². The lowest BCUT2D eigenvalue weighted by Gasteiger charge is -2.21. The number of rotatable bonds is 4. The van der Waals surface area contributed by atoms with Gasteiger partial charge in [-0.2, -0.15) is 0 Å². The maximum absolute atomic E-state index is 13.1. The van der Waals surface area contributed by atoms with Crippen LogP contribution in [0.5, 0.6) is 0 Å². The largest absolute Gasteiger partial charge is 0.478 e. The number of amides is 1. The predicted octanol–water partition coefficient (Wildman–Crippen LogP) is 2.34. The third kappa shape index (κ3) is 3.69. The van der Waals surface area contributed by atoms with Crippen LogP contribution < -0.4 is 5.73 Å². The van der Waals surface area contributed by atoms with Gasteiger partial charge in [0.1, 0.15) is 5.69 Å². The second-order valence-electron chi connectivity index (χ2n) is 7.68. The van der Waals surface area contributed by atoms with E-state index < -0.39 is 5.97 Å². The van der Waals surface area contributed by atoms with Crippen LogP contribution in [0, 0.1) is 5.92 Å². The minimum Gasteiger partial charge on any atom is -0.478 e. The quantitative estimate of drug-likeness (QED) is 0.843. The topological polar surface area (TPSA) is 109 Å². The number of carboxylic acids is 1. The Morgan fingerprint density at radius 1 is 1.21 bits per heavy atom. The van der Waals surface area contributed by atoms with E-state index >= 15 is 0 Å². The number of nitrogen functional groups attached to an aromatic ring is 1. The van der Waals surface area contributed by atoms with Gasteiger partial charge in [0.25, 0.3) is 5.91 Å². The number of hydrogen-bond donors (Lipinski definition) is 2. The van der Waals surface area contributed by atoms with Gasteiger partial charge < -0.3 is 15.7 Å². The van der Waals surface area contributed by atoms with Crippen LogP contribution in [-0.4, -0.2) is 44.9 Å². The monoisotopic (exact) mass is 380 g/mol. The van der Waals surface area contributed by atoms with E-state index in [1.165, 1.54) is 0 Å². The van der Waals surface area contributed by atoms with E-state index in [1.54, 1.807) is 18.2 Å². The van der Waals surface area contributed by atoms with Gasteiger partial charge in [-0.3, -0.25) is 4.79 Å². The number of aromatic carboxylic acids is 1. The summed E-state index contributed by atoms with van der Waals surface area (Å²) >= 11 is 0. The maximum Gasteiger partial charge on any atom is 0.335 e. The first kappa shape index (κ1) is 18.4. The number of carbonyl (C=O) groups excluding carboxylic acids is 1. The van der Waals surface area contributed by atoms with E-state index in [4.69, 9.17) is 10.8 Å². The van der Waals surface area contributed by atoms with E-state index in [1.807, 2.05) is 11.0 Å². The van der Waals surface area contributed by atoms with Crippen LogP contribution in [0.1, 0.15) is 56.9 Å². The molecule has 0 saturated carbocycles. The Morgan fingerprint density at radius 3 is 2.86 bits per heavy atom. The first-order valence-corrected chi connectivity index (χ1v) is 9.78. The van der Waals surface area contributed by atoms with Crippen LogP contribution in [0.4, 0.5) is 5.95 Å². The van der Waals surface area contributed by atoms with Gasteiger partial charge in [0.2, 0.25) is 5.95 Å². The average Bonchev–Trinajstić information content (AvgIpc) is 3.15. The zero-order chi connectivity index (χ0) is 19.7. The molecule has 4 rings (SSSR count). The number of nitrogens with zero attached hydrogens (tertiary/aromatic N) is 3. The Balaban J connectivity index is 1.47. The normalized spacial score (nSPS) is 18.7. The van der Waals surface area contributed by atoms with Crippen LogP contribution in [0.3, 0.4) is 0 Å². The number of aromatic nitrogens is 2. The number of likely N-dealkylation sites (tertiary alicyclic amines) is 1. The summed E-state index contributed by atoms with van der Waals surface area (Å²) in [7, 11) is 0. The second kappa shape index (κ2) is 7.58. The highest BCUT2D eigenvalue weighted by Crippen LogP contribution is 2.27. The van der Waals surface area contributed by atoms with Crippen molar-refractivity contribution in [2.45, 2.75) is 38.5 Å². The fourth-order valence-electron chi connectivity index (χ4n) is 4.29. The highest BCUT2D eigenvalue weighted by molar-refractivity contribution is 5.94. The number of nitrogens with two attached hydrogens (primary N) is 1. The number of hydrogen-bond acceptors (Lipinski definition) is 5. The molecule has 1 unspecified atom stereocenters. The van der Waals surface area contributed by atoms with Crippen LogP contribution >= 0.6 is 0 Å². The Bertz CT molecular complexity index is 928. The lowest BCUT2D eigenvalue weighted by atomic mass is 9.94. The number of carboxylic acid groups (broad SMARTS) is 1. The summed E-state index contributed by atoms with van der Waals surface area (Å²) in [6.45, 7) is 1.33. The Kier molecular flexibility index (Phi) is 4.98. The van der Waals surface area contributed by atoms with Crippen molar-refractivity contribution in [3.05, 3.63) is 52.3 Å². The number of fused-ring (bicyclic) bond motifs is 1. The lowest BCUT2D eigenvalue weighted by molar-refractivity contribution is 0.0696. The summed E-state index contributed by atoms with van der Waals surface area (Å²) in [6, 6.07) is 7.03. The van der Waals surface area contributed by atoms with Crippen molar-refractivity contribution >= 4 is 17.8 Å². The van der Waals surface area contributed by atoms with Gasteiger partial charge in [-0.1, -0.05) is 12.1 Å². The Labute approximate surface area is 163 Å². The summed E-state index contributed by atoms with van der Waals surface area (Å²) in [5, 5.41) is 9.16. The molecule has 1 aromatic carbocycles. The van der Waals surface area contributed by atoms with Crippen LogP contribution in [0.2, 0.25) is 0 Å². The third-order valence-corrected chi connectivity index (χ3v) is 5.67. The smallest absolute Gasteiger partial charge is 0.335 e. The molecule has 2 aliphatic rings. The van der Waals surface area contributed by atoms with E-state index in [0.717, 1.165) is 55.3 Å². The molecule has 2 heterocycles. The zero-order valence-corrected chi connectivity index (χ0v) is 15.7. The predicted molar refractivity (Wildman–Crippen MR) is 104 cm³/mol. The van der Waals surface area contributed by atoms with Gasteiger partial charge in [-0.25, -0.2) is 14.8 Å². The Morgan fingerprint density at radius 2 is 2.04 bits per heavy atom. The molecule has 1 saturated heterocycles. The van der Waals surface area contributed by atoms with Crippen molar-refractivity contribution in [2.75, 3.05) is 18.8 Å². The van der Waals surface area contributed by atoms with Crippen molar-refractivity contribution in [3.8, 4) is 0 Å². The summed E-state index contributed by atoms with van der Waals surface area (Å²) in [5.74, 6) is -0.501. The van der Waals surface area contributed by atoms with Gasteiger partial charge in [-0.05, 0) is 62.1 Å². The molecular formula is C21H24N4O3. The number of aryl methyl sites for hydroxylation is 1. The molecule has 3 N–H and O–H groups in total. The molecule has 1 amide bonds. The molecular weight excluding hydrogens is 356 g/mol. The molecule has 146 valence electrons. The molecule has 1 aliphatic heterocycles. The zero-order valence-electron chi connectivity index (χ0n) is 15.7. The molecule has 1 aromatic heterocycles. The molecule has 7 heteroatoms. The molecule has 0 radical (unpaired) electrons. The van der Waals surface area contributed by atoms with Crippen molar-refractivity contribution in [1.29, 1.82) is 0 Å². The molecule has 1 fully saturated rings. The standard InChI is InChI=1S/C21H24N4O3/c22-21-23-17-7-2-1-6-16(17)18(24-21)19(26)25-9-8-14(12-25)10-13-4-3-5-15(11-13)20(27)28/h3-5,11,14H,1-2,6-10,12H2,(H,27,28)(H2,22,23,24). The molecule has 28 heavy (non-hydrogen) atoms. The maximum atomic E-state index is 13.1. The minimum atomic E-state index is -0.920. The highest BCUT2D eigenvalue weighted by atomic mass is 16.4. The summed E-state index contributed by atoms with van der Waals surface area (Å²) in [5.41, 5.74) is 9.48. The molecule has 0 spiro atoms. The van der Waals surface area contributed by atoms with Gasteiger partial charge in [-0.15, -0.1) is 0 Å². The molecule has 2 aromatic rings. The fraction of sp³-hybridized carbons (Fsp3) is 0.429. The van der Waals surface area contributed by atoms with E-state index in [0.29, 0.717) is 30.3 Å². The second-order valence-corrected chi connectivity index (χ2v) is 7.68. The van der Waals surface area contributed by atoms with E-state index in [2.05, 4.69) is 9.97 Å². The van der Waals surface area contributed by atoms with Crippen molar-refractivity contribution in [2.24, 2.45) is 5.92 Å². The van der Waals surface area contributed by atoms with Gasteiger partial charge in [0.05, 0.1) is 5.56 Å². The van der Waals surface area contributed by atoms with Crippen LogP contribution in [0.15, 0.2) is 24.3 Å². The molecule has 0 bridgehead atoms. The van der Waals surface area contributed by atoms with Crippen LogP contribution in [-0.2, 0) is 19.3 Å². The van der Waals surface area contributed by atoms with E-state index in [-0.39, 0.29) is 11.9 Å². The summed E-state index contributed by atoms with van der Waals surface area (Å²) < 4.78 is 0. The fourth-order valence-corrected chi connectivity index (χ4v) is 4.29. The SMILES string of the molecule is Nc1nc2c(c(C(=O)N3CCC(Cc4cccc(C(=O)O)c4)C3)n1)CCCC2. The Hall–Kier alpha value is -2.96. The summed E-state index contributed by atoms with van der Waals surface area (Å²) in [6.07, 6.45) is 5.45. The van der Waals surface area contributed by atoms with Gasteiger partial charge >= 0.3 is 5.97 Å². The number of anilines is 1. The van der Waals surface area contributed by atoms with Crippen molar-refractivity contribution in [3.63, 3.8) is 0 Å². The van der Waals surface area contributed by atoms with Crippen molar-refractivity contribution in [1.82, 2.24) is 14.9 Å². The number of carbonyl (C=O) groups is 2. The first-order chi connectivity index (χ1) is 13.5. The average molecular weight is 380 g/mol. The highest BCUT2D eigenvalue weighted by Gasteiger charge is 2.31. The molecule has 7 nitrogen and oxygen atoms in total. The molecule has 1 aliphatic carbocycles. The van der Waals surface area contributed by atoms with Crippen molar-refractivity contribution < 1.29 is 14.7 Å². The number of benzene rings is 1. The van der Waals surface area contributed by atoms with E-state index in [9.17, 15) is 9.59 Å². The lowest BCUT2D eigenvalue weighted by Crippen LogP contribution is -2.32. The first-order valence-electron chi connectivity index (χ1n) is 9.78. The summed E-state index contributed by atoms with van der Waals surface area (Å²) in [4.78, 5) is 34.7. The third-order valence-electron chi connectivity index (χ3n) is 5.67.